The summed E-state index contributed by atoms with van der Waals surface area (Å²) < 4.78 is 5.38. The van der Waals surface area contributed by atoms with Crippen molar-refractivity contribution >= 4 is 0 Å². The summed E-state index contributed by atoms with van der Waals surface area (Å²) in [6, 6.07) is 2.11. The van der Waals surface area contributed by atoms with Gasteiger partial charge in [-0.2, -0.15) is 0 Å². The van der Waals surface area contributed by atoms with Gasteiger partial charge in [0, 0.05) is 38.3 Å². The van der Waals surface area contributed by atoms with Crippen LogP contribution in [0.1, 0.15) is 39.5 Å². The van der Waals surface area contributed by atoms with E-state index in [-0.39, 0.29) is 0 Å². The van der Waals surface area contributed by atoms with E-state index in [2.05, 4.69) is 23.6 Å². The summed E-state index contributed by atoms with van der Waals surface area (Å²) in [5.74, 6) is 0. The van der Waals surface area contributed by atoms with E-state index in [0.717, 1.165) is 12.6 Å². The van der Waals surface area contributed by atoms with Crippen molar-refractivity contribution in [2.45, 2.75) is 57.7 Å². The van der Waals surface area contributed by atoms with Crippen molar-refractivity contribution in [3.8, 4) is 0 Å². The molecule has 0 spiro atoms. The van der Waals surface area contributed by atoms with Gasteiger partial charge >= 0.3 is 0 Å². The summed E-state index contributed by atoms with van der Waals surface area (Å²) in [6.45, 7) is 9.37. The van der Waals surface area contributed by atoms with E-state index >= 15 is 0 Å². The molecule has 2 fully saturated rings. The number of piperidine rings is 1. The first-order valence-corrected chi connectivity index (χ1v) is 7.25. The third-order valence-electron chi connectivity index (χ3n) is 4.53. The second-order valence-corrected chi connectivity index (χ2v) is 5.71. The Bertz CT molecular complexity index is 234. The first kappa shape index (κ1) is 13.3. The van der Waals surface area contributed by atoms with Crippen LogP contribution >= 0.6 is 0 Å². The van der Waals surface area contributed by atoms with Gasteiger partial charge in [0.2, 0.25) is 0 Å². The fourth-order valence-corrected chi connectivity index (χ4v) is 3.52. The highest BCUT2D eigenvalue weighted by Crippen LogP contribution is 2.26. The maximum atomic E-state index is 5.38. The molecule has 0 aliphatic carbocycles. The topological polar surface area (TPSA) is 15.7 Å². The van der Waals surface area contributed by atoms with Crippen LogP contribution in [0.4, 0.5) is 0 Å². The Hall–Kier alpha value is -0.120. The summed E-state index contributed by atoms with van der Waals surface area (Å²) in [5.41, 5.74) is 0. The van der Waals surface area contributed by atoms with Gasteiger partial charge < -0.3 is 4.74 Å². The second-order valence-electron chi connectivity index (χ2n) is 5.71. The highest BCUT2D eigenvalue weighted by Gasteiger charge is 2.35. The Morgan fingerprint density at radius 1 is 1.29 bits per heavy atom. The molecule has 0 radical (unpaired) electrons. The fourth-order valence-electron chi connectivity index (χ4n) is 3.52. The summed E-state index contributed by atoms with van der Waals surface area (Å²) in [7, 11) is 1.82. The number of piperazine rings is 1. The van der Waals surface area contributed by atoms with Gasteiger partial charge in [0.05, 0.1) is 6.61 Å². The van der Waals surface area contributed by atoms with Crippen LogP contribution in [0.3, 0.4) is 0 Å². The van der Waals surface area contributed by atoms with Crippen molar-refractivity contribution in [2.24, 2.45) is 0 Å². The normalized spacial score (nSPS) is 33.4. The number of fused-ring (bicyclic) bond motifs is 1. The van der Waals surface area contributed by atoms with Gasteiger partial charge in [-0.3, -0.25) is 9.80 Å². The fraction of sp³-hybridized carbons (Fsp3) is 1.00. The van der Waals surface area contributed by atoms with Crippen LogP contribution in [0, 0.1) is 0 Å². The standard InChI is InChI=1S/C14H28N2O/c1-4-13(11-17-3)16-10-14-7-5-6-8-15(14)9-12(16)2/h12-14H,4-11H2,1-3H3. The van der Waals surface area contributed by atoms with E-state index in [9.17, 15) is 0 Å². The van der Waals surface area contributed by atoms with E-state index in [4.69, 9.17) is 4.74 Å². The molecule has 2 aliphatic rings. The third kappa shape index (κ3) is 3.01. The zero-order valence-electron chi connectivity index (χ0n) is 11.7. The SMILES string of the molecule is CCC(COC)N1CC2CCCCN2CC1C. The van der Waals surface area contributed by atoms with Crippen molar-refractivity contribution in [3.63, 3.8) is 0 Å². The third-order valence-corrected chi connectivity index (χ3v) is 4.53. The average Bonchev–Trinajstić information content (AvgIpc) is 2.35. The molecule has 0 amide bonds. The summed E-state index contributed by atoms with van der Waals surface area (Å²) in [6.07, 6.45) is 5.42. The van der Waals surface area contributed by atoms with Crippen LogP contribution in [0.2, 0.25) is 0 Å². The average molecular weight is 240 g/mol. The number of rotatable bonds is 4. The van der Waals surface area contributed by atoms with Crippen molar-refractivity contribution in [3.05, 3.63) is 0 Å². The molecular formula is C14H28N2O. The van der Waals surface area contributed by atoms with Gasteiger partial charge in [-0.05, 0) is 32.7 Å². The largest absolute Gasteiger partial charge is 0.383 e. The second kappa shape index (κ2) is 6.17. The van der Waals surface area contributed by atoms with Crippen LogP contribution in [-0.2, 0) is 4.74 Å². The Labute approximate surface area is 106 Å². The van der Waals surface area contributed by atoms with Crippen molar-refractivity contribution in [1.29, 1.82) is 0 Å². The summed E-state index contributed by atoms with van der Waals surface area (Å²) in [5, 5.41) is 0. The van der Waals surface area contributed by atoms with Crippen LogP contribution < -0.4 is 0 Å². The molecule has 2 heterocycles. The molecule has 0 aromatic heterocycles. The minimum Gasteiger partial charge on any atom is -0.383 e. The van der Waals surface area contributed by atoms with E-state index in [1.165, 1.54) is 45.3 Å². The highest BCUT2D eigenvalue weighted by molar-refractivity contribution is 4.91. The monoisotopic (exact) mass is 240 g/mol. The van der Waals surface area contributed by atoms with Crippen LogP contribution in [-0.4, -0.2) is 61.3 Å². The van der Waals surface area contributed by atoms with E-state index in [1.54, 1.807) is 0 Å². The zero-order chi connectivity index (χ0) is 12.3. The van der Waals surface area contributed by atoms with Crippen molar-refractivity contribution < 1.29 is 4.74 Å². The predicted octanol–water partition coefficient (Wildman–Crippen LogP) is 1.97. The Morgan fingerprint density at radius 3 is 2.82 bits per heavy atom. The van der Waals surface area contributed by atoms with Crippen LogP contribution in [0.25, 0.3) is 0 Å². The smallest absolute Gasteiger partial charge is 0.0618 e. The van der Waals surface area contributed by atoms with Crippen molar-refractivity contribution in [1.82, 2.24) is 9.80 Å². The molecule has 3 heteroatoms. The Kier molecular flexibility index (Phi) is 4.83. The van der Waals surface area contributed by atoms with Crippen LogP contribution in [0.5, 0.6) is 0 Å². The first-order chi connectivity index (χ1) is 8.26. The van der Waals surface area contributed by atoms with E-state index < -0.39 is 0 Å². The number of hydrogen-bond donors (Lipinski definition) is 0. The van der Waals surface area contributed by atoms with Gasteiger partial charge in [-0.15, -0.1) is 0 Å². The van der Waals surface area contributed by atoms with Gasteiger partial charge in [-0.25, -0.2) is 0 Å². The first-order valence-electron chi connectivity index (χ1n) is 7.25. The molecule has 3 atom stereocenters. The molecule has 0 aromatic rings. The lowest BCUT2D eigenvalue weighted by atomic mass is 9.95. The molecule has 0 bridgehead atoms. The molecule has 17 heavy (non-hydrogen) atoms. The Morgan fingerprint density at radius 2 is 2.12 bits per heavy atom. The zero-order valence-corrected chi connectivity index (χ0v) is 11.7. The molecule has 3 nitrogen and oxygen atoms in total. The quantitative estimate of drug-likeness (QED) is 0.747. The minimum atomic E-state index is 0.610. The van der Waals surface area contributed by atoms with Crippen molar-refractivity contribution in [2.75, 3.05) is 33.4 Å². The summed E-state index contributed by atoms with van der Waals surface area (Å²) in [4.78, 5) is 5.40. The van der Waals surface area contributed by atoms with Gasteiger partial charge in [-0.1, -0.05) is 13.3 Å². The van der Waals surface area contributed by atoms with E-state index in [0.29, 0.717) is 12.1 Å². The number of ether oxygens (including phenoxy) is 1. The van der Waals surface area contributed by atoms with Gasteiger partial charge in [0.1, 0.15) is 0 Å². The number of methoxy groups -OCH3 is 1. The lowest BCUT2D eigenvalue weighted by molar-refractivity contribution is -0.0268. The van der Waals surface area contributed by atoms with E-state index in [1.807, 2.05) is 7.11 Å². The molecule has 3 unspecified atom stereocenters. The predicted molar refractivity (Wildman–Crippen MR) is 71.3 cm³/mol. The number of nitrogens with zero attached hydrogens (tertiary/aromatic N) is 2. The Balaban J connectivity index is 1.97. The highest BCUT2D eigenvalue weighted by atomic mass is 16.5. The molecule has 2 aliphatic heterocycles. The lowest BCUT2D eigenvalue weighted by Crippen LogP contribution is -2.61. The molecule has 2 saturated heterocycles. The summed E-state index contributed by atoms with van der Waals surface area (Å²) >= 11 is 0. The molecule has 0 aromatic carbocycles. The van der Waals surface area contributed by atoms with Crippen LogP contribution in [0.15, 0.2) is 0 Å². The molecule has 100 valence electrons. The van der Waals surface area contributed by atoms with Gasteiger partial charge in [0.15, 0.2) is 0 Å². The maximum absolute atomic E-state index is 5.38. The lowest BCUT2D eigenvalue weighted by Gasteiger charge is -2.50. The van der Waals surface area contributed by atoms with Gasteiger partial charge in [0.25, 0.3) is 0 Å². The number of hydrogen-bond acceptors (Lipinski definition) is 3. The molecular weight excluding hydrogens is 212 g/mol. The molecule has 0 N–H and O–H groups in total. The maximum Gasteiger partial charge on any atom is 0.0618 e. The molecule has 2 rings (SSSR count). The minimum absolute atomic E-state index is 0.610. The molecule has 0 saturated carbocycles.